The van der Waals surface area contributed by atoms with Crippen LogP contribution in [0.3, 0.4) is 0 Å². The molecule has 1 heterocycles. The Labute approximate surface area is 163 Å². The molecule has 1 aromatic rings. The van der Waals surface area contributed by atoms with Gasteiger partial charge in [-0.15, -0.1) is 0 Å². The van der Waals surface area contributed by atoms with Gasteiger partial charge in [0.1, 0.15) is 0 Å². The Kier molecular flexibility index (Phi) is 7.79. The van der Waals surface area contributed by atoms with Gasteiger partial charge >= 0.3 is 6.18 Å². The lowest BCUT2D eigenvalue weighted by Gasteiger charge is -2.35. The van der Waals surface area contributed by atoms with Gasteiger partial charge in [-0.3, -0.25) is 9.69 Å². The molecule has 0 atom stereocenters. The van der Waals surface area contributed by atoms with Crippen molar-refractivity contribution in [2.24, 2.45) is 0 Å². The topological polar surface area (TPSA) is 51.2 Å². The molecule has 158 valence electrons. The molecule has 0 aromatic heterocycles. The average Bonchev–Trinajstić information content (AvgIpc) is 2.63. The first-order valence-electron chi connectivity index (χ1n) is 9.43. The number of nitrogens with zero attached hydrogens (tertiary/aromatic N) is 2. The number of halogens is 3. The molecule has 0 unspecified atom stereocenters. The van der Waals surface area contributed by atoms with E-state index in [-0.39, 0.29) is 32.1 Å². The first kappa shape index (κ1) is 22.1. The summed E-state index contributed by atoms with van der Waals surface area (Å²) in [5, 5.41) is 0. The second-order valence-corrected chi connectivity index (χ2v) is 6.28. The summed E-state index contributed by atoms with van der Waals surface area (Å²) in [6, 6.07) is 3.20. The molecule has 0 saturated carbocycles. The first-order chi connectivity index (χ1) is 13.3. The van der Waals surface area contributed by atoms with Crippen LogP contribution in [0, 0.1) is 0 Å². The molecule has 2 rings (SSSR count). The minimum atomic E-state index is -4.24. The first-order valence-corrected chi connectivity index (χ1v) is 9.43. The number of alkyl halides is 3. The summed E-state index contributed by atoms with van der Waals surface area (Å²) in [5.41, 5.74) is 0.361. The molecule has 0 spiro atoms. The minimum absolute atomic E-state index is 0.179. The van der Waals surface area contributed by atoms with Crippen LogP contribution in [0.2, 0.25) is 0 Å². The molecule has 0 N–H and O–H groups in total. The van der Waals surface area contributed by atoms with Gasteiger partial charge in [0.25, 0.3) is 5.91 Å². The van der Waals surface area contributed by atoms with E-state index in [2.05, 4.69) is 0 Å². The SMILES string of the molecule is CCOc1cc(C(=O)N2CCN(CC(F)(F)F)CC2)cc(OCC)c1OCC. The minimum Gasteiger partial charge on any atom is -0.490 e. The Balaban J connectivity index is 2.18. The Morgan fingerprint density at radius 2 is 1.43 bits per heavy atom. The number of rotatable bonds is 8. The van der Waals surface area contributed by atoms with Gasteiger partial charge in [-0.2, -0.15) is 13.2 Å². The Bertz CT molecular complexity index is 632. The summed E-state index contributed by atoms with van der Waals surface area (Å²) in [4.78, 5) is 15.8. The van der Waals surface area contributed by atoms with Gasteiger partial charge in [0, 0.05) is 31.7 Å². The average molecular weight is 404 g/mol. The van der Waals surface area contributed by atoms with Crippen LogP contribution in [-0.2, 0) is 0 Å². The monoisotopic (exact) mass is 404 g/mol. The van der Waals surface area contributed by atoms with E-state index in [1.165, 1.54) is 4.90 Å². The number of amides is 1. The highest BCUT2D eigenvalue weighted by Gasteiger charge is 2.33. The third-order valence-electron chi connectivity index (χ3n) is 4.22. The van der Waals surface area contributed by atoms with Crippen molar-refractivity contribution in [2.75, 3.05) is 52.5 Å². The number of hydrogen-bond acceptors (Lipinski definition) is 5. The van der Waals surface area contributed by atoms with Gasteiger partial charge in [-0.25, -0.2) is 0 Å². The van der Waals surface area contributed by atoms with Gasteiger partial charge in [-0.05, 0) is 32.9 Å². The van der Waals surface area contributed by atoms with Crippen LogP contribution in [0.1, 0.15) is 31.1 Å². The van der Waals surface area contributed by atoms with E-state index in [0.717, 1.165) is 0 Å². The molecule has 0 bridgehead atoms. The molecule has 1 aromatic carbocycles. The highest BCUT2D eigenvalue weighted by Crippen LogP contribution is 2.39. The summed E-state index contributed by atoms with van der Waals surface area (Å²) in [6.45, 7) is 6.54. The Morgan fingerprint density at radius 1 is 0.929 bits per heavy atom. The van der Waals surface area contributed by atoms with E-state index in [1.807, 2.05) is 20.8 Å². The lowest BCUT2D eigenvalue weighted by molar-refractivity contribution is -0.148. The maximum Gasteiger partial charge on any atom is 0.401 e. The summed E-state index contributed by atoms with van der Waals surface area (Å²) >= 11 is 0. The molecule has 6 nitrogen and oxygen atoms in total. The summed E-state index contributed by atoms with van der Waals surface area (Å²) < 4.78 is 54.5. The fourth-order valence-electron chi connectivity index (χ4n) is 3.06. The normalized spacial score (nSPS) is 15.4. The Morgan fingerprint density at radius 3 is 1.86 bits per heavy atom. The zero-order valence-corrected chi connectivity index (χ0v) is 16.5. The van der Waals surface area contributed by atoms with E-state index in [9.17, 15) is 18.0 Å². The number of ether oxygens (including phenoxy) is 3. The summed E-state index contributed by atoms with van der Waals surface area (Å²) in [7, 11) is 0. The van der Waals surface area contributed by atoms with Crippen molar-refractivity contribution in [1.82, 2.24) is 9.80 Å². The zero-order chi connectivity index (χ0) is 20.7. The van der Waals surface area contributed by atoms with Crippen LogP contribution >= 0.6 is 0 Å². The van der Waals surface area contributed by atoms with Crippen molar-refractivity contribution >= 4 is 5.91 Å². The number of benzene rings is 1. The quantitative estimate of drug-likeness (QED) is 0.666. The van der Waals surface area contributed by atoms with Gasteiger partial charge in [0.2, 0.25) is 5.75 Å². The molecule has 1 aliphatic heterocycles. The summed E-state index contributed by atoms with van der Waals surface area (Å²) in [5.74, 6) is 0.998. The van der Waals surface area contributed by atoms with Crippen molar-refractivity contribution in [3.8, 4) is 17.2 Å². The van der Waals surface area contributed by atoms with Crippen LogP contribution < -0.4 is 14.2 Å². The van der Waals surface area contributed by atoms with Crippen LogP contribution in [0.5, 0.6) is 17.2 Å². The van der Waals surface area contributed by atoms with Crippen molar-refractivity contribution in [2.45, 2.75) is 26.9 Å². The highest BCUT2D eigenvalue weighted by atomic mass is 19.4. The number of hydrogen-bond donors (Lipinski definition) is 0. The number of carbonyl (C=O) groups is 1. The second-order valence-electron chi connectivity index (χ2n) is 6.28. The third-order valence-corrected chi connectivity index (χ3v) is 4.22. The molecular formula is C19H27F3N2O4. The van der Waals surface area contributed by atoms with Crippen molar-refractivity contribution in [1.29, 1.82) is 0 Å². The largest absolute Gasteiger partial charge is 0.490 e. The van der Waals surface area contributed by atoms with Crippen molar-refractivity contribution in [3.05, 3.63) is 17.7 Å². The number of piperazine rings is 1. The predicted octanol–water partition coefficient (Wildman–Crippen LogP) is 3.20. The lowest BCUT2D eigenvalue weighted by atomic mass is 10.1. The molecule has 1 aliphatic rings. The van der Waals surface area contributed by atoms with Crippen molar-refractivity contribution in [3.63, 3.8) is 0 Å². The maximum atomic E-state index is 12.9. The van der Waals surface area contributed by atoms with Gasteiger partial charge in [-0.1, -0.05) is 0 Å². The van der Waals surface area contributed by atoms with Gasteiger partial charge < -0.3 is 19.1 Å². The smallest absolute Gasteiger partial charge is 0.401 e. The van der Waals surface area contributed by atoms with Crippen LogP contribution in [0.15, 0.2) is 12.1 Å². The van der Waals surface area contributed by atoms with E-state index in [0.29, 0.717) is 42.6 Å². The molecule has 28 heavy (non-hydrogen) atoms. The fraction of sp³-hybridized carbons (Fsp3) is 0.632. The second kappa shape index (κ2) is 9.86. The van der Waals surface area contributed by atoms with E-state index in [1.54, 1.807) is 17.0 Å². The van der Waals surface area contributed by atoms with E-state index in [4.69, 9.17) is 14.2 Å². The molecule has 9 heteroatoms. The van der Waals surface area contributed by atoms with Gasteiger partial charge in [0.05, 0.1) is 26.4 Å². The standard InChI is InChI=1S/C19H27F3N2O4/c1-4-26-15-11-14(12-16(27-5-2)17(15)28-6-3)18(25)24-9-7-23(8-10-24)13-19(20,21)22/h11-12H,4-10,13H2,1-3H3. The van der Waals surface area contributed by atoms with Crippen LogP contribution in [0.25, 0.3) is 0 Å². The van der Waals surface area contributed by atoms with E-state index >= 15 is 0 Å². The fourth-order valence-corrected chi connectivity index (χ4v) is 3.06. The Hall–Kier alpha value is -2.16. The van der Waals surface area contributed by atoms with Crippen LogP contribution in [0.4, 0.5) is 13.2 Å². The molecular weight excluding hydrogens is 377 g/mol. The van der Waals surface area contributed by atoms with Crippen LogP contribution in [-0.4, -0.2) is 74.4 Å². The van der Waals surface area contributed by atoms with E-state index < -0.39 is 12.7 Å². The van der Waals surface area contributed by atoms with Gasteiger partial charge in [0.15, 0.2) is 11.5 Å². The molecule has 0 radical (unpaired) electrons. The highest BCUT2D eigenvalue weighted by molar-refractivity contribution is 5.95. The predicted molar refractivity (Wildman–Crippen MR) is 98.3 cm³/mol. The zero-order valence-electron chi connectivity index (χ0n) is 16.5. The lowest BCUT2D eigenvalue weighted by Crippen LogP contribution is -2.50. The number of carbonyl (C=O) groups excluding carboxylic acids is 1. The molecule has 1 fully saturated rings. The van der Waals surface area contributed by atoms with Crippen molar-refractivity contribution < 1.29 is 32.2 Å². The maximum absolute atomic E-state index is 12.9. The molecule has 1 saturated heterocycles. The molecule has 0 aliphatic carbocycles. The summed E-state index contributed by atoms with van der Waals surface area (Å²) in [6.07, 6.45) is -4.24. The molecule has 1 amide bonds. The third kappa shape index (κ3) is 5.92.